The first-order valence-electron chi connectivity index (χ1n) is 8.66. The molecule has 29 heavy (non-hydrogen) atoms. The number of nitro groups is 1. The van der Waals surface area contributed by atoms with E-state index in [9.17, 15) is 24.5 Å². The maximum atomic E-state index is 12.3. The Hall–Kier alpha value is -3.46. The van der Waals surface area contributed by atoms with Crippen molar-refractivity contribution in [1.29, 1.82) is 0 Å². The molecule has 0 atom stereocenters. The fraction of sp³-hybridized carbons (Fsp3) is 0.211. The minimum Gasteiger partial charge on any atom is -0.452 e. The van der Waals surface area contributed by atoms with Crippen LogP contribution in [0.25, 0.3) is 0 Å². The van der Waals surface area contributed by atoms with Crippen LogP contribution in [-0.4, -0.2) is 35.4 Å². The van der Waals surface area contributed by atoms with Crippen molar-refractivity contribution in [2.45, 2.75) is 18.9 Å². The highest BCUT2D eigenvalue weighted by atomic mass is 35.5. The SMILES string of the molecule is O=C(COC(=O)c1cc(Cl)ccc1[N+](=O)[O-])Nc1ccccc1C(=O)NC1CC1. The summed E-state index contributed by atoms with van der Waals surface area (Å²) >= 11 is 5.78. The highest BCUT2D eigenvalue weighted by Crippen LogP contribution is 2.24. The molecule has 0 radical (unpaired) electrons. The highest BCUT2D eigenvalue weighted by Gasteiger charge is 2.25. The summed E-state index contributed by atoms with van der Waals surface area (Å²) in [4.78, 5) is 46.9. The maximum Gasteiger partial charge on any atom is 0.345 e. The van der Waals surface area contributed by atoms with Crippen LogP contribution < -0.4 is 10.6 Å². The number of carbonyl (C=O) groups is 3. The smallest absolute Gasteiger partial charge is 0.345 e. The number of rotatable bonds is 7. The van der Waals surface area contributed by atoms with E-state index in [0.29, 0.717) is 0 Å². The average molecular weight is 418 g/mol. The second-order valence-corrected chi connectivity index (χ2v) is 6.77. The van der Waals surface area contributed by atoms with Gasteiger partial charge in [0, 0.05) is 17.1 Å². The lowest BCUT2D eigenvalue weighted by atomic mass is 10.1. The first kappa shape index (κ1) is 20.3. The lowest BCUT2D eigenvalue weighted by molar-refractivity contribution is -0.385. The molecule has 3 rings (SSSR count). The van der Waals surface area contributed by atoms with Crippen LogP contribution in [0.1, 0.15) is 33.6 Å². The second kappa shape index (κ2) is 8.70. The van der Waals surface area contributed by atoms with Crippen molar-refractivity contribution in [1.82, 2.24) is 5.32 Å². The van der Waals surface area contributed by atoms with Crippen molar-refractivity contribution >= 4 is 40.8 Å². The monoisotopic (exact) mass is 417 g/mol. The van der Waals surface area contributed by atoms with Crippen LogP contribution in [0.5, 0.6) is 0 Å². The molecule has 10 heteroatoms. The maximum absolute atomic E-state index is 12.3. The predicted molar refractivity (Wildman–Crippen MR) is 104 cm³/mol. The number of amides is 2. The van der Waals surface area contributed by atoms with Gasteiger partial charge in [0.1, 0.15) is 5.56 Å². The minimum absolute atomic E-state index is 0.114. The van der Waals surface area contributed by atoms with Gasteiger partial charge < -0.3 is 15.4 Å². The van der Waals surface area contributed by atoms with Gasteiger partial charge in [-0.1, -0.05) is 23.7 Å². The molecule has 0 bridgehead atoms. The molecule has 1 aliphatic rings. The summed E-state index contributed by atoms with van der Waals surface area (Å²) in [5.41, 5.74) is -0.300. The van der Waals surface area contributed by atoms with Crippen LogP contribution in [0.15, 0.2) is 42.5 Å². The Kier molecular flexibility index (Phi) is 6.08. The summed E-state index contributed by atoms with van der Waals surface area (Å²) in [7, 11) is 0. The first-order valence-corrected chi connectivity index (χ1v) is 9.03. The number of para-hydroxylation sites is 1. The van der Waals surface area contributed by atoms with Gasteiger partial charge in [0.05, 0.1) is 16.2 Å². The van der Waals surface area contributed by atoms with E-state index in [1.807, 2.05) is 0 Å². The summed E-state index contributed by atoms with van der Waals surface area (Å²) in [6.07, 6.45) is 1.84. The topological polar surface area (TPSA) is 128 Å². The molecule has 1 fully saturated rings. The van der Waals surface area contributed by atoms with Gasteiger partial charge in [-0.05, 0) is 37.1 Å². The Morgan fingerprint density at radius 3 is 2.55 bits per heavy atom. The van der Waals surface area contributed by atoms with E-state index in [1.54, 1.807) is 24.3 Å². The van der Waals surface area contributed by atoms with Gasteiger partial charge >= 0.3 is 5.97 Å². The van der Waals surface area contributed by atoms with Crippen LogP contribution in [0.2, 0.25) is 5.02 Å². The van der Waals surface area contributed by atoms with Crippen molar-refractivity contribution in [2.24, 2.45) is 0 Å². The number of nitrogens with one attached hydrogen (secondary N) is 2. The van der Waals surface area contributed by atoms with Gasteiger partial charge in [-0.25, -0.2) is 4.79 Å². The average Bonchev–Trinajstić information content (AvgIpc) is 3.50. The van der Waals surface area contributed by atoms with Crippen molar-refractivity contribution < 1.29 is 24.0 Å². The second-order valence-electron chi connectivity index (χ2n) is 6.34. The standard InChI is InChI=1S/C19H16ClN3O6/c20-11-5-8-16(23(27)28)14(9-11)19(26)29-10-17(24)22-15-4-2-1-3-13(15)18(25)21-12-6-7-12/h1-5,8-9,12H,6-7,10H2,(H,21,25)(H,22,24). The predicted octanol–water partition coefficient (Wildman–Crippen LogP) is 2.94. The molecule has 150 valence electrons. The molecule has 0 heterocycles. The summed E-state index contributed by atoms with van der Waals surface area (Å²) in [6, 6.07) is 10.0. The number of ether oxygens (including phenoxy) is 1. The molecule has 2 aromatic carbocycles. The molecule has 0 saturated heterocycles. The fourth-order valence-corrected chi connectivity index (χ4v) is 2.68. The molecule has 0 aromatic heterocycles. The van der Waals surface area contributed by atoms with Crippen LogP contribution >= 0.6 is 11.6 Å². The molecule has 2 N–H and O–H groups in total. The first-order chi connectivity index (χ1) is 13.8. The lowest BCUT2D eigenvalue weighted by Gasteiger charge is -2.11. The zero-order chi connectivity index (χ0) is 21.0. The van der Waals surface area contributed by atoms with Crippen molar-refractivity contribution in [3.8, 4) is 0 Å². The number of halogens is 1. The Bertz CT molecular complexity index is 990. The van der Waals surface area contributed by atoms with E-state index in [1.165, 1.54) is 6.07 Å². The Morgan fingerprint density at radius 1 is 1.14 bits per heavy atom. The summed E-state index contributed by atoms with van der Waals surface area (Å²) in [6.45, 7) is -0.693. The molecule has 1 aliphatic carbocycles. The van der Waals surface area contributed by atoms with Crippen LogP contribution in [0.3, 0.4) is 0 Å². The van der Waals surface area contributed by atoms with Crippen LogP contribution in [-0.2, 0) is 9.53 Å². The number of carbonyl (C=O) groups excluding carboxylic acids is 3. The third-order valence-electron chi connectivity index (χ3n) is 4.07. The van der Waals surface area contributed by atoms with Gasteiger partial charge in [0.15, 0.2) is 6.61 Å². The van der Waals surface area contributed by atoms with Crippen molar-refractivity contribution in [3.05, 3.63) is 68.7 Å². The normalized spacial score (nSPS) is 12.7. The number of hydrogen-bond donors (Lipinski definition) is 2. The number of nitrogens with zero attached hydrogens (tertiary/aromatic N) is 1. The largest absolute Gasteiger partial charge is 0.452 e. The molecule has 0 spiro atoms. The quantitative estimate of drug-likeness (QED) is 0.405. The van der Waals surface area contributed by atoms with Crippen LogP contribution in [0.4, 0.5) is 11.4 Å². The molecule has 2 amide bonds. The molecule has 1 saturated carbocycles. The van der Waals surface area contributed by atoms with E-state index >= 15 is 0 Å². The molecule has 0 unspecified atom stereocenters. The Balaban J connectivity index is 1.64. The van der Waals surface area contributed by atoms with E-state index < -0.39 is 29.1 Å². The third-order valence-corrected chi connectivity index (χ3v) is 4.30. The number of nitro benzene ring substituents is 1. The van der Waals surface area contributed by atoms with E-state index in [4.69, 9.17) is 16.3 Å². The Labute approximate surface area is 170 Å². The number of esters is 1. The zero-order valence-electron chi connectivity index (χ0n) is 15.0. The molecular weight excluding hydrogens is 402 g/mol. The van der Waals surface area contributed by atoms with Gasteiger partial charge in [0.25, 0.3) is 17.5 Å². The van der Waals surface area contributed by atoms with E-state index in [-0.39, 0.29) is 33.8 Å². The molecule has 0 aliphatic heterocycles. The number of anilines is 1. The number of hydrogen-bond acceptors (Lipinski definition) is 6. The van der Waals surface area contributed by atoms with Gasteiger partial charge in [-0.15, -0.1) is 0 Å². The van der Waals surface area contributed by atoms with Gasteiger partial charge in [-0.2, -0.15) is 0 Å². The van der Waals surface area contributed by atoms with E-state index in [2.05, 4.69) is 10.6 Å². The Morgan fingerprint density at radius 2 is 1.86 bits per heavy atom. The summed E-state index contributed by atoms with van der Waals surface area (Å²) in [5, 5.41) is 16.5. The molecular formula is C19H16ClN3O6. The number of benzene rings is 2. The molecule has 2 aromatic rings. The molecule has 9 nitrogen and oxygen atoms in total. The fourth-order valence-electron chi connectivity index (χ4n) is 2.51. The lowest BCUT2D eigenvalue weighted by Crippen LogP contribution is -2.28. The zero-order valence-corrected chi connectivity index (χ0v) is 15.8. The van der Waals surface area contributed by atoms with E-state index in [0.717, 1.165) is 25.0 Å². The van der Waals surface area contributed by atoms with Crippen LogP contribution in [0, 0.1) is 10.1 Å². The highest BCUT2D eigenvalue weighted by molar-refractivity contribution is 6.31. The summed E-state index contributed by atoms with van der Waals surface area (Å²) in [5.74, 6) is -2.07. The third kappa shape index (κ3) is 5.29. The summed E-state index contributed by atoms with van der Waals surface area (Å²) < 4.78 is 4.87. The van der Waals surface area contributed by atoms with Gasteiger partial charge in [-0.3, -0.25) is 19.7 Å². The minimum atomic E-state index is -1.06. The van der Waals surface area contributed by atoms with Crippen molar-refractivity contribution in [3.63, 3.8) is 0 Å². The van der Waals surface area contributed by atoms with Crippen molar-refractivity contribution in [2.75, 3.05) is 11.9 Å². The van der Waals surface area contributed by atoms with Gasteiger partial charge in [0.2, 0.25) is 0 Å².